The third kappa shape index (κ3) is 1.04. The Morgan fingerprint density at radius 3 is 2.60 bits per heavy atom. The molecule has 10 heavy (non-hydrogen) atoms. The van der Waals surface area contributed by atoms with Gasteiger partial charge in [-0.3, -0.25) is 20.2 Å². The SMILES string of the molecule is O=COC1NC(=O)NC1=O. The van der Waals surface area contributed by atoms with Gasteiger partial charge in [-0.25, -0.2) is 4.79 Å². The monoisotopic (exact) mass is 144 g/mol. The van der Waals surface area contributed by atoms with Crippen molar-refractivity contribution in [3.05, 3.63) is 0 Å². The lowest BCUT2D eigenvalue weighted by Gasteiger charge is -2.01. The molecule has 0 aliphatic carbocycles. The van der Waals surface area contributed by atoms with Gasteiger partial charge < -0.3 is 4.74 Å². The summed E-state index contributed by atoms with van der Waals surface area (Å²) in [7, 11) is 0. The van der Waals surface area contributed by atoms with E-state index in [1.54, 1.807) is 0 Å². The zero-order valence-electron chi connectivity index (χ0n) is 4.79. The Morgan fingerprint density at radius 2 is 2.20 bits per heavy atom. The van der Waals surface area contributed by atoms with Crippen LogP contribution in [0.15, 0.2) is 0 Å². The number of carbonyl (C=O) groups is 3. The Balaban J connectivity index is 2.54. The van der Waals surface area contributed by atoms with E-state index in [4.69, 9.17) is 0 Å². The summed E-state index contributed by atoms with van der Waals surface area (Å²) in [5.74, 6) is -0.655. The van der Waals surface area contributed by atoms with Gasteiger partial charge in [0.25, 0.3) is 18.6 Å². The molecular formula is C4H4N2O4. The fraction of sp³-hybridized carbons (Fsp3) is 0.250. The summed E-state index contributed by atoms with van der Waals surface area (Å²) < 4.78 is 4.16. The Morgan fingerprint density at radius 1 is 1.50 bits per heavy atom. The first-order chi connectivity index (χ1) is 4.74. The molecule has 1 rings (SSSR count). The van der Waals surface area contributed by atoms with Gasteiger partial charge in [0.05, 0.1) is 0 Å². The van der Waals surface area contributed by atoms with E-state index in [1.807, 2.05) is 5.32 Å². The van der Waals surface area contributed by atoms with Gasteiger partial charge in [0.2, 0.25) is 0 Å². The molecule has 1 fully saturated rings. The molecule has 54 valence electrons. The lowest BCUT2D eigenvalue weighted by atomic mass is 10.6. The number of amides is 3. The van der Waals surface area contributed by atoms with Crippen LogP contribution in [-0.2, 0) is 14.3 Å². The van der Waals surface area contributed by atoms with Gasteiger partial charge in [-0.2, -0.15) is 0 Å². The zero-order chi connectivity index (χ0) is 7.56. The van der Waals surface area contributed by atoms with Crippen LogP contribution in [0.1, 0.15) is 0 Å². The number of rotatable bonds is 2. The molecule has 1 saturated heterocycles. The molecule has 3 amide bonds. The highest BCUT2D eigenvalue weighted by atomic mass is 16.5. The van der Waals surface area contributed by atoms with E-state index in [0.717, 1.165) is 0 Å². The first kappa shape index (κ1) is 6.53. The van der Waals surface area contributed by atoms with Crippen molar-refractivity contribution >= 4 is 18.4 Å². The average Bonchev–Trinajstić information content (AvgIpc) is 2.13. The fourth-order valence-electron chi connectivity index (χ4n) is 0.550. The lowest BCUT2D eigenvalue weighted by molar-refractivity contribution is -0.143. The second-order valence-electron chi connectivity index (χ2n) is 1.58. The molecule has 0 aromatic rings. The van der Waals surface area contributed by atoms with Crippen LogP contribution in [0.5, 0.6) is 0 Å². The molecule has 0 radical (unpaired) electrons. The number of urea groups is 1. The summed E-state index contributed by atoms with van der Waals surface area (Å²) in [5, 5.41) is 3.93. The van der Waals surface area contributed by atoms with Gasteiger partial charge >= 0.3 is 6.03 Å². The first-order valence-corrected chi connectivity index (χ1v) is 2.44. The standard InChI is InChI=1S/C4H4N2O4/c7-1-10-3-2(8)5-4(9)6-3/h1,3H,(H2,5,6,8,9). The van der Waals surface area contributed by atoms with Gasteiger partial charge in [0.15, 0.2) is 0 Å². The maximum Gasteiger partial charge on any atom is 0.324 e. The van der Waals surface area contributed by atoms with E-state index in [1.165, 1.54) is 0 Å². The molecule has 0 saturated carbocycles. The highest BCUT2D eigenvalue weighted by Crippen LogP contribution is 1.91. The number of imide groups is 1. The topological polar surface area (TPSA) is 84.5 Å². The van der Waals surface area contributed by atoms with Crippen molar-refractivity contribution in [1.29, 1.82) is 0 Å². The molecule has 6 nitrogen and oxygen atoms in total. The minimum Gasteiger partial charge on any atom is -0.434 e. The van der Waals surface area contributed by atoms with Crippen LogP contribution in [0, 0.1) is 0 Å². The highest BCUT2D eigenvalue weighted by molar-refractivity contribution is 6.03. The smallest absolute Gasteiger partial charge is 0.324 e. The van der Waals surface area contributed by atoms with Gasteiger partial charge in [-0.15, -0.1) is 0 Å². The summed E-state index contributed by atoms with van der Waals surface area (Å²) in [5.41, 5.74) is 0. The second kappa shape index (κ2) is 2.34. The van der Waals surface area contributed by atoms with Crippen molar-refractivity contribution in [2.75, 3.05) is 0 Å². The van der Waals surface area contributed by atoms with Crippen LogP contribution in [0.4, 0.5) is 4.79 Å². The predicted octanol–water partition coefficient (Wildman–Crippen LogP) is -1.68. The van der Waals surface area contributed by atoms with Gasteiger partial charge in [-0.05, 0) is 0 Å². The fourth-order valence-corrected chi connectivity index (χ4v) is 0.550. The van der Waals surface area contributed by atoms with E-state index in [9.17, 15) is 14.4 Å². The largest absolute Gasteiger partial charge is 0.434 e. The molecule has 1 unspecified atom stereocenters. The normalized spacial score (nSPS) is 23.4. The van der Waals surface area contributed by atoms with E-state index in [2.05, 4.69) is 10.1 Å². The summed E-state index contributed by atoms with van der Waals surface area (Å²) >= 11 is 0. The summed E-state index contributed by atoms with van der Waals surface area (Å²) in [6, 6.07) is -0.656. The molecule has 1 atom stereocenters. The van der Waals surface area contributed by atoms with Crippen molar-refractivity contribution in [3.63, 3.8) is 0 Å². The molecule has 1 aliphatic heterocycles. The number of hydrogen-bond donors (Lipinski definition) is 2. The summed E-state index contributed by atoms with van der Waals surface area (Å²) in [4.78, 5) is 30.5. The maximum atomic E-state index is 10.5. The molecule has 1 aliphatic rings. The first-order valence-electron chi connectivity index (χ1n) is 2.44. The Labute approximate surface area is 55.5 Å². The minimum atomic E-state index is -1.16. The number of nitrogens with one attached hydrogen (secondary N) is 2. The summed E-state index contributed by atoms with van der Waals surface area (Å²) in [6.07, 6.45) is -1.16. The van der Waals surface area contributed by atoms with Gasteiger partial charge in [-0.1, -0.05) is 0 Å². The van der Waals surface area contributed by atoms with Gasteiger partial charge in [0.1, 0.15) is 0 Å². The lowest BCUT2D eigenvalue weighted by Crippen LogP contribution is -2.31. The molecule has 0 bridgehead atoms. The highest BCUT2D eigenvalue weighted by Gasteiger charge is 2.30. The van der Waals surface area contributed by atoms with Crippen LogP contribution in [0.25, 0.3) is 0 Å². The second-order valence-corrected chi connectivity index (χ2v) is 1.58. The minimum absolute atomic E-state index is 0.0931. The Kier molecular flexibility index (Phi) is 1.53. The van der Waals surface area contributed by atoms with E-state index in [0.29, 0.717) is 0 Å². The van der Waals surface area contributed by atoms with E-state index < -0.39 is 18.2 Å². The van der Waals surface area contributed by atoms with Crippen molar-refractivity contribution < 1.29 is 19.1 Å². The van der Waals surface area contributed by atoms with Crippen LogP contribution in [0.3, 0.4) is 0 Å². The average molecular weight is 144 g/mol. The van der Waals surface area contributed by atoms with Crippen molar-refractivity contribution in [3.8, 4) is 0 Å². The van der Waals surface area contributed by atoms with E-state index in [-0.39, 0.29) is 6.47 Å². The van der Waals surface area contributed by atoms with Crippen LogP contribution in [0.2, 0.25) is 0 Å². The van der Waals surface area contributed by atoms with Crippen molar-refractivity contribution in [2.24, 2.45) is 0 Å². The number of hydrogen-bond acceptors (Lipinski definition) is 4. The molecule has 2 N–H and O–H groups in total. The Bertz CT molecular complexity index is 190. The Hall–Kier alpha value is -1.59. The molecule has 6 heteroatoms. The third-order valence-electron chi connectivity index (χ3n) is 0.929. The molecule has 0 aromatic carbocycles. The molecule has 0 spiro atoms. The zero-order valence-corrected chi connectivity index (χ0v) is 4.79. The van der Waals surface area contributed by atoms with Crippen LogP contribution in [-0.4, -0.2) is 24.6 Å². The third-order valence-corrected chi connectivity index (χ3v) is 0.929. The quantitative estimate of drug-likeness (QED) is 0.358. The summed E-state index contributed by atoms with van der Waals surface area (Å²) in [6.45, 7) is 0.0931. The van der Waals surface area contributed by atoms with Crippen molar-refractivity contribution in [2.45, 2.75) is 6.23 Å². The van der Waals surface area contributed by atoms with Crippen molar-refractivity contribution in [1.82, 2.24) is 10.6 Å². The number of ether oxygens (including phenoxy) is 1. The predicted molar refractivity (Wildman–Crippen MR) is 27.6 cm³/mol. The molecule has 1 heterocycles. The van der Waals surface area contributed by atoms with Crippen LogP contribution >= 0.6 is 0 Å². The maximum absolute atomic E-state index is 10.5. The van der Waals surface area contributed by atoms with E-state index >= 15 is 0 Å². The number of carbonyl (C=O) groups excluding carboxylic acids is 3. The van der Waals surface area contributed by atoms with Crippen LogP contribution < -0.4 is 10.6 Å². The molecular weight excluding hydrogens is 140 g/mol. The molecule has 0 aromatic heterocycles. The van der Waals surface area contributed by atoms with Gasteiger partial charge in [0, 0.05) is 0 Å².